The number of methoxy groups -OCH3 is 1. The summed E-state index contributed by atoms with van der Waals surface area (Å²) in [7, 11) is 1.53. The molecule has 5 nitrogen and oxygen atoms in total. The highest BCUT2D eigenvalue weighted by molar-refractivity contribution is 8.01. The number of rotatable bonds is 4. The number of nitrogens with zero attached hydrogens (tertiary/aromatic N) is 1. The molecular weight excluding hydrogens is 417 g/mol. The number of hydrogen-bond acceptors (Lipinski definition) is 5. The van der Waals surface area contributed by atoms with Gasteiger partial charge in [0.15, 0.2) is 0 Å². The molecule has 2 aliphatic heterocycles. The fraction of sp³-hybridized carbons (Fsp3) is 0.381. The molecule has 0 unspecified atom stereocenters. The van der Waals surface area contributed by atoms with E-state index < -0.39 is 11.7 Å². The lowest BCUT2D eigenvalue weighted by atomic mass is 9.99. The Balaban J connectivity index is 1.64. The van der Waals surface area contributed by atoms with Crippen molar-refractivity contribution in [2.45, 2.75) is 30.0 Å². The highest BCUT2D eigenvalue weighted by atomic mass is 32.2. The van der Waals surface area contributed by atoms with Crippen molar-refractivity contribution in [2.75, 3.05) is 31.2 Å². The number of ether oxygens (including phenoxy) is 2. The zero-order chi connectivity index (χ0) is 21.3. The van der Waals surface area contributed by atoms with Crippen LogP contribution in [-0.2, 0) is 15.7 Å². The quantitative estimate of drug-likeness (QED) is 0.713. The van der Waals surface area contributed by atoms with Crippen LogP contribution in [0.4, 0.5) is 18.9 Å². The molecule has 2 heterocycles. The van der Waals surface area contributed by atoms with Crippen molar-refractivity contribution in [2.24, 2.45) is 0 Å². The molecule has 9 heteroatoms. The highest BCUT2D eigenvalue weighted by Crippen LogP contribution is 2.48. The Bertz CT molecular complexity index is 946. The molecule has 2 aromatic rings. The number of carbonyl (C=O) groups excluding carboxylic acids is 1. The number of hydrogen-bond donors (Lipinski definition) is 1. The molecule has 2 aliphatic rings. The fourth-order valence-corrected chi connectivity index (χ4v) is 4.73. The maximum atomic E-state index is 13.3. The van der Waals surface area contributed by atoms with Crippen molar-refractivity contribution in [3.05, 3.63) is 42.0 Å². The standard InChI is InChI=1S/C21H21F3N2O3S/c1-28-15-3-4-16-17-10-13(21(22,23)24)2-5-18(17)26(30-19(16)11-15)12-20(27)25-14-6-8-29-9-7-14/h2-5,10-11,14H,6-9,12H2,1H3,(H,25,27). The van der Waals surface area contributed by atoms with E-state index in [9.17, 15) is 18.0 Å². The number of amides is 1. The Morgan fingerprint density at radius 3 is 2.67 bits per heavy atom. The first kappa shape index (κ1) is 20.9. The molecule has 0 atom stereocenters. The SMILES string of the molecule is COc1ccc2c(c1)SN(CC(=O)NC1CCOCC1)c1ccc(C(F)(F)F)cc1-2. The number of anilines is 1. The number of carbonyl (C=O) groups is 1. The zero-order valence-electron chi connectivity index (χ0n) is 16.3. The molecule has 0 radical (unpaired) electrons. The van der Waals surface area contributed by atoms with Gasteiger partial charge in [0.2, 0.25) is 5.91 Å². The minimum Gasteiger partial charge on any atom is -0.497 e. The van der Waals surface area contributed by atoms with Crippen LogP contribution in [0.3, 0.4) is 0 Å². The van der Waals surface area contributed by atoms with Crippen molar-refractivity contribution in [1.29, 1.82) is 0 Å². The first-order valence-corrected chi connectivity index (χ1v) is 10.3. The second kappa shape index (κ2) is 8.39. The van der Waals surface area contributed by atoms with Gasteiger partial charge in [-0.25, -0.2) is 0 Å². The summed E-state index contributed by atoms with van der Waals surface area (Å²) in [5.74, 6) is 0.426. The molecule has 0 aliphatic carbocycles. The predicted octanol–water partition coefficient (Wildman–Crippen LogP) is 4.50. The minimum atomic E-state index is -4.45. The predicted molar refractivity (Wildman–Crippen MR) is 109 cm³/mol. The van der Waals surface area contributed by atoms with Crippen LogP contribution in [0.5, 0.6) is 5.75 Å². The van der Waals surface area contributed by atoms with Crippen LogP contribution >= 0.6 is 11.9 Å². The van der Waals surface area contributed by atoms with Crippen LogP contribution in [0.1, 0.15) is 18.4 Å². The van der Waals surface area contributed by atoms with E-state index in [4.69, 9.17) is 9.47 Å². The van der Waals surface area contributed by atoms with Gasteiger partial charge >= 0.3 is 6.18 Å². The number of halogens is 3. The summed E-state index contributed by atoms with van der Waals surface area (Å²) in [5, 5.41) is 3.00. The molecule has 1 saturated heterocycles. The van der Waals surface area contributed by atoms with Gasteiger partial charge in [0.25, 0.3) is 0 Å². The summed E-state index contributed by atoms with van der Waals surface area (Å²) >= 11 is 1.32. The monoisotopic (exact) mass is 438 g/mol. The van der Waals surface area contributed by atoms with Gasteiger partial charge in [0.1, 0.15) is 12.3 Å². The third-order valence-corrected chi connectivity index (χ3v) is 6.23. The number of benzene rings is 2. The van der Waals surface area contributed by atoms with Crippen LogP contribution in [0, 0.1) is 0 Å². The van der Waals surface area contributed by atoms with Gasteiger partial charge in [-0.3, -0.25) is 4.79 Å². The topological polar surface area (TPSA) is 50.8 Å². The van der Waals surface area contributed by atoms with Crippen molar-refractivity contribution >= 4 is 23.5 Å². The van der Waals surface area contributed by atoms with Crippen LogP contribution in [0.2, 0.25) is 0 Å². The normalized spacial score (nSPS) is 16.6. The maximum Gasteiger partial charge on any atom is 0.416 e. The zero-order valence-corrected chi connectivity index (χ0v) is 17.1. The third-order valence-electron chi connectivity index (χ3n) is 5.15. The van der Waals surface area contributed by atoms with Gasteiger partial charge in [-0.1, -0.05) is 0 Å². The Kier molecular flexibility index (Phi) is 5.84. The molecule has 2 aromatic carbocycles. The third kappa shape index (κ3) is 4.37. The van der Waals surface area contributed by atoms with Gasteiger partial charge < -0.3 is 19.1 Å². The average molecular weight is 438 g/mol. The molecule has 0 bridgehead atoms. The smallest absolute Gasteiger partial charge is 0.416 e. The molecule has 0 saturated carbocycles. The fourth-order valence-electron chi connectivity index (χ4n) is 3.60. The van der Waals surface area contributed by atoms with E-state index in [0.29, 0.717) is 35.8 Å². The lowest BCUT2D eigenvalue weighted by Crippen LogP contribution is -2.43. The number of alkyl halides is 3. The Morgan fingerprint density at radius 2 is 1.97 bits per heavy atom. The van der Waals surface area contributed by atoms with E-state index in [2.05, 4.69) is 5.32 Å². The average Bonchev–Trinajstić information content (AvgIpc) is 2.73. The summed E-state index contributed by atoms with van der Waals surface area (Å²) in [6.45, 7) is 1.25. The maximum absolute atomic E-state index is 13.3. The van der Waals surface area contributed by atoms with Gasteiger partial charge in [0.05, 0.1) is 18.4 Å². The van der Waals surface area contributed by atoms with Gasteiger partial charge in [-0.15, -0.1) is 0 Å². The van der Waals surface area contributed by atoms with E-state index in [1.54, 1.807) is 22.5 Å². The van der Waals surface area contributed by atoms with Crippen molar-refractivity contribution < 1.29 is 27.4 Å². The molecule has 160 valence electrons. The summed E-state index contributed by atoms with van der Waals surface area (Å²) < 4.78 is 52.2. The van der Waals surface area contributed by atoms with Crippen molar-refractivity contribution in [1.82, 2.24) is 5.32 Å². The summed E-state index contributed by atoms with van der Waals surface area (Å²) in [6.07, 6.45) is -2.94. The molecule has 1 N–H and O–H groups in total. The summed E-state index contributed by atoms with van der Waals surface area (Å²) in [6, 6.07) is 8.92. The molecule has 1 fully saturated rings. The number of nitrogens with one attached hydrogen (secondary N) is 1. The van der Waals surface area contributed by atoms with Gasteiger partial charge in [-0.05, 0) is 66.8 Å². The molecule has 4 rings (SSSR count). The van der Waals surface area contributed by atoms with E-state index >= 15 is 0 Å². The lowest BCUT2D eigenvalue weighted by Gasteiger charge is -2.32. The first-order valence-electron chi connectivity index (χ1n) is 9.57. The summed E-state index contributed by atoms with van der Waals surface area (Å²) in [5.41, 5.74) is 0.984. The Labute approximate surface area is 176 Å². The van der Waals surface area contributed by atoms with Crippen molar-refractivity contribution in [3.63, 3.8) is 0 Å². The Hall–Kier alpha value is -2.39. The second-order valence-electron chi connectivity index (χ2n) is 7.17. The lowest BCUT2D eigenvalue weighted by molar-refractivity contribution is -0.137. The first-order chi connectivity index (χ1) is 14.3. The molecule has 0 aromatic heterocycles. The molecule has 0 spiro atoms. The van der Waals surface area contributed by atoms with E-state index in [1.165, 1.54) is 25.1 Å². The largest absolute Gasteiger partial charge is 0.497 e. The number of fused-ring (bicyclic) bond motifs is 3. The second-order valence-corrected chi connectivity index (χ2v) is 8.24. The van der Waals surface area contributed by atoms with Crippen LogP contribution in [0.15, 0.2) is 41.3 Å². The Morgan fingerprint density at radius 1 is 1.20 bits per heavy atom. The van der Waals surface area contributed by atoms with Crippen molar-refractivity contribution in [3.8, 4) is 16.9 Å². The van der Waals surface area contributed by atoms with Crippen LogP contribution in [0.25, 0.3) is 11.1 Å². The molecular formula is C21H21F3N2O3S. The van der Waals surface area contributed by atoms with Crippen LogP contribution in [-0.4, -0.2) is 38.8 Å². The summed E-state index contributed by atoms with van der Waals surface area (Å²) in [4.78, 5) is 13.4. The highest BCUT2D eigenvalue weighted by Gasteiger charge is 2.33. The molecule has 30 heavy (non-hydrogen) atoms. The van der Waals surface area contributed by atoms with Gasteiger partial charge in [0, 0.05) is 29.7 Å². The minimum absolute atomic E-state index is 0.0248. The van der Waals surface area contributed by atoms with E-state index in [1.807, 2.05) is 0 Å². The van der Waals surface area contributed by atoms with Crippen LogP contribution < -0.4 is 14.4 Å². The van der Waals surface area contributed by atoms with Gasteiger partial charge in [-0.2, -0.15) is 13.2 Å². The van der Waals surface area contributed by atoms with E-state index in [0.717, 1.165) is 29.9 Å². The molecule has 1 amide bonds. The van der Waals surface area contributed by atoms with E-state index in [-0.39, 0.29) is 18.5 Å².